The molecule has 0 aromatic rings. The minimum atomic E-state index is 0.00517. The summed E-state index contributed by atoms with van der Waals surface area (Å²) in [6.45, 7) is 3.50. The molecule has 2 unspecified atom stereocenters. The average Bonchev–Trinajstić information content (AvgIpc) is 2.13. The Labute approximate surface area is 87.1 Å². The van der Waals surface area contributed by atoms with Crippen LogP contribution in [0.5, 0.6) is 0 Å². The van der Waals surface area contributed by atoms with Crippen LogP contribution in [0.25, 0.3) is 0 Å². The van der Waals surface area contributed by atoms with Crippen molar-refractivity contribution >= 4 is 0 Å². The first-order valence-electron chi connectivity index (χ1n) is 6.17. The molecule has 2 saturated carbocycles. The van der Waals surface area contributed by atoms with Crippen LogP contribution >= 0.6 is 0 Å². The van der Waals surface area contributed by atoms with Crippen molar-refractivity contribution in [2.75, 3.05) is 6.54 Å². The van der Waals surface area contributed by atoms with Crippen molar-refractivity contribution < 1.29 is 5.11 Å². The Morgan fingerprint density at radius 1 is 1.21 bits per heavy atom. The van der Waals surface area contributed by atoms with Crippen LogP contribution in [0.3, 0.4) is 0 Å². The third kappa shape index (κ3) is 2.48. The van der Waals surface area contributed by atoms with Crippen molar-refractivity contribution in [3.8, 4) is 0 Å². The van der Waals surface area contributed by atoms with Gasteiger partial charge in [0.25, 0.3) is 0 Å². The van der Waals surface area contributed by atoms with Crippen LogP contribution in [0.1, 0.15) is 45.4 Å². The predicted molar refractivity (Wildman–Crippen MR) is 58.2 cm³/mol. The summed E-state index contributed by atoms with van der Waals surface area (Å²) in [5.41, 5.74) is 0. The minimum absolute atomic E-state index is 0.00517. The summed E-state index contributed by atoms with van der Waals surface area (Å²) in [5.74, 6) is 1.60. The second kappa shape index (κ2) is 4.63. The first-order valence-corrected chi connectivity index (χ1v) is 6.17. The summed E-state index contributed by atoms with van der Waals surface area (Å²) in [5, 5.41) is 12.9. The monoisotopic (exact) mass is 197 g/mol. The molecule has 0 amide bonds. The summed E-state index contributed by atoms with van der Waals surface area (Å²) in [7, 11) is 0. The fourth-order valence-electron chi connectivity index (χ4n) is 2.80. The SMILES string of the molecule is CC1CCCCC1NCC1CC(O)C1. The normalized spacial score (nSPS) is 43.3. The highest BCUT2D eigenvalue weighted by Gasteiger charge is 2.28. The van der Waals surface area contributed by atoms with Gasteiger partial charge in [0, 0.05) is 6.04 Å². The molecule has 0 aromatic carbocycles. The van der Waals surface area contributed by atoms with Crippen molar-refractivity contribution in [1.29, 1.82) is 0 Å². The molecule has 0 bridgehead atoms. The summed E-state index contributed by atoms with van der Waals surface area (Å²) < 4.78 is 0. The van der Waals surface area contributed by atoms with Crippen molar-refractivity contribution in [1.82, 2.24) is 5.32 Å². The molecule has 0 heterocycles. The number of rotatable bonds is 3. The van der Waals surface area contributed by atoms with Crippen LogP contribution in [0, 0.1) is 11.8 Å². The summed E-state index contributed by atoms with van der Waals surface area (Å²) in [6, 6.07) is 0.751. The first kappa shape index (κ1) is 10.4. The van der Waals surface area contributed by atoms with E-state index in [9.17, 15) is 5.11 Å². The zero-order valence-electron chi connectivity index (χ0n) is 9.21. The molecule has 2 aliphatic carbocycles. The Bertz CT molecular complexity index is 177. The van der Waals surface area contributed by atoms with E-state index in [-0.39, 0.29) is 6.10 Å². The lowest BCUT2D eigenvalue weighted by molar-refractivity contribution is 0.0402. The van der Waals surface area contributed by atoms with E-state index in [0.29, 0.717) is 0 Å². The Hall–Kier alpha value is -0.0800. The summed E-state index contributed by atoms with van der Waals surface area (Å²) >= 11 is 0. The Kier molecular flexibility index (Phi) is 3.45. The Morgan fingerprint density at radius 3 is 2.57 bits per heavy atom. The first-order chi connectivity index (χ1) is 6.75. The number of hydrogen-bond donors (Lipinski definition) is 2. The van der Waals surface area contributed by atoms with E-state index in [1.807, 2.05) is 0 Å². The second-order valence-corrected chi connectivity index (χ2v) is 5.27. The number of hydrogen-bond acceptors (Lipinski definition) is 2. The number of aliphatic hydroxyl groups excluding tert-OH is 1. The summed E-state index contributed by atoms with van der Waals surface area (Å²) in [6.07, 6.45) is 7.62. The average molecular weight is 197 g/mol. The third-order valence-electron chi connectivity index (χ3n) is 3.99. The van der Waals surface area contributed by atoms with Crippen LogP contribution in [-0.2, 0) is 0 Å². The van der Waals surface area contributed by atoms with Gasteiger partial charge in [0.05, 0.1) is 6.10 Å². The molecule has 2 atom stereocenters. The second-order valence-electron chi connectivity index (χ2n) is 5.27. The van der Waals surface area contributed by atoms with E-state index in [1.165, 1.54) is 25.7 Å². The van der Waals surface area contributed by atoms with Gasteiger partial charge in [-0.3, -0.25) is 0 Å². The van der Waals surface area contributed by atoms with E-state index in [4.69, 9.17) is 0 Å². The molecule has 0 radical (unpaired) electrons. The van der Waals surface area contributed by atoms with E-state index >= 15 is 0 Å². The maximum Gasteiger partial charge on any atom is 0.0546 e. The van der Waals surface area contributed by atoms with Crippen LogP contribution in [-0.4, -0.2) is 23.8 Å². The highest BCUT2D eigenvalue weighted by molar-refractivity contribution is 4.84. The van der Waals surface area contributed by atoms with Gasteiger partial charge in [-0.1, -0.05) is 19.8 Å². The quantitative estimate of drug-likeness (QED) is 0.724. The molecule has 2 fully saturated rings. The van der Waals surface area contributed by atoms with Crippen LogP contribution in [0.15, 0.2) is 0 Å². The van der Waals surface area contributed by atoms with Gasteiger partial charge < -0.3 is 10.4 Å². The molecule has 14 heavy (non-hydrogen) atoms. The van der Waals surface area contributed by atoms with Gasteiger partial charge in [-0.25, -0.2) is 0 Å². The van der Waals surface area contributed by atoms with Crippen LogP contribution in [0.2, 0.25) is 0 Å². The lowest BCUT2D eigenvalue weighted by Gasteiger charge is -2.35. The maximum atomic E-state index is 9.18. The molecule has 0 spiro atoms. The van der Waals surface area contributed by atoms with E-state index in [2.05, 4.69) is 12.2 Å². The number of aliphatic hydroxyl groups is 1. The van der Waals surface area contributed by atoms with Crippen LogP contribution in [0.4, 0.5) is 0 Å². The van der Waals surface area contributed by atoms with Gasteiger partial charge >= 0.3 is 0 Å². The molecule has 0 aliphatic heterocycles. The highest BCUT2D eigenvalue weighted by atomic mass is 16.3. The van der Waals surface area contributed by atoms with E-state index < -0.39 is 0 Å². The number of nitrogens with one attached hydrogen (secondary N) is 1. The van der Waals surface area contributed by atoms with Gasteiger partial charge in [-0.15, -0.1) is 0 Å². The lowest BCUT2D eigenvalue weighted by Crippen LogP contribution is -2.43. The van der Waals surface area contributed by atoms with Crippen LogP contribution < -0.4 is 5.32 Å². The molecule has 2 N–H and O–H groups in total. The molecular weight excluding hydrogens is 174 g/mol. The largest absolute Gasteiger partial charge is 0.393 e. The summed E-state index contributed by atoms with van der Waals surface area (Å²) in [4.78, 5) is 0. The zero-order chi connectivity index (χ0) is 9.97. The molecule has 82 valence electrons. The van der Waals surface area contributed by atoms with Crippen molar-refractivity contribution in [3.63, 3.8) is 0 Å². The Balaban J connectivity index is 1.64. The Morgan fingerprint density at radius 2 is 1.93 bits per heavy atom. The minimum Gasteiger partial charge on any atom is -0.393 e. The van der Waals surface area contributed by atoms with Gasteiger partial charge in [0.15, 0.2) is 0 Å². The standard InChI is InChI=1S/C12H23NO/c1-9-4-2-3-5-12(9)13-8-10-6-11(14)7-10/h9-14H,2-8H2,1H3. The maximum absolute atomic E-state index is 9.18. The van der Waals surface area contributed by atoms with Gasteiger partial charge in [-0.2, -0.15) is 0 Å². The molecular formula is C12H23NO. The fraction of sp³-hybridized carbons (Fsp3) is 1.00. The predicted octanol–water partition coefficient (Wildman–Crippen LogP) is 1.93. The van der Waals surface area contributed by atoms with Gasteiger partial charge in [0.2, 0.25) is 0 Å². The van der Waals surface area contributed by atoms with Crippen molar-refractivity contribution in [2.45, 2.75) is 57.6 Å². The zero-order valence-corrected chi connectivity index (χ0v) is 9.21. The van der Waals surface area contributed by atoms with E-state index in [1.54, 1.807) is 0 Å². The van der Waals surface area contributed by atoms with Gasteiger partial charge in [-0.05, 0) is 44.1 Å². The van der Waals surface area contributed by atoms with Gasteiger partial charge in [0.1, 0.15) is 0 Å². The fourth-order valence-corrected chi connectivity index (χ4v) is 2.80. The van der Waals surface area contributed by atoms with Crippen molar-refractivity contribution in [2.24, 2.45) is 11.8 Å². The van der Waals surface area contributed by atoms with E-state index in [0.717, 1.165) is 37.3 Å². The molecule has 2 aliphatic rings. The molecule has 0 aromatic heterocycles. The lowest BCUT2D eigenvalue weighted by atomic mass is 9.81. The topological polar surface area (TPSA) is 32.3 Å². The molecule has 2 nitrogen and oxygen atoms in total. The highest BCUT2D eigenvalue weighted by Crippen LogP contribution is 2.28. The molecule has 0 saturated heterocycles. The molecule has 2 rings (SSSR count). The smallest absolute Gasteiger partial charge is 0.0546 e. The third-order valence-corrected chi connectivity index (χ3v) is 3.99. The molecule has 2 heteroatoms. The van der Waals surface area contributed by atoms with Crippen molar-refractivity contribution in [3.05, 3.63) is 0 Å².